The summed E-state index contributed by atoms with van der Waals surface area (Å²) < 4.78 is 0. The fraction of sp³-hybridized carbons (Fsp3) is 0.586. The molecule has 0 saturated heterocycles. The quantitative estimate of drug-likeness (QED) is 0.420. The lowest BCUT2D eigenvalue weighted by Gasteiger charge is -2.44. The van der Waals surface area contributed by atoms with Crippen molar-refractivity contribution in [2.24, 2.45) is 5.41 Å². The van der Waals surface area contributed by atoms with Crippen LogP contribution in [-0.2, 0) is 11.8 Å². The Morgan fingerprint density at radius 1 is 0.552 bits per heavy atom. The topological polar surface area (TPSA) is 0 Å². The zero-order valence-corrected chi connectivity index (χ0v) is 19.4. The predicted molar refractivity (Wildman–Crippen MR) is 129 cm³/mol. The van der Waals surface area contributed by atoms with Crippen molar-refractivity contribution in [3.05, 3.63) is 59.7 Å². The molecule has 2 aromatic rings. The molecule has 0 aliphatic heterocycles. The summed E-state index contributed by atoms with van der Waals surface area (Å²) in [6.07, 6.45) is 15.0. The first kappa shape index (κ1) is 22.1. The van der Waals surface area contributed by atoms with E-state index in [1.54, 1.807) is 0 Å². The lowest BCUT2D eigenvalue weighted by molar-refractivity contribution is 0.175. The normalized spacial score (nSPS) is 20.8. The fourth-order valence-corrected chi connectivity index (χ4v) is 5.06. The van der Waals surface area contributed by atoms with Gasteiger partial charge in [-0.25, -0.2) is 0 Å². The Kier molecular flexibility index (Phi) is 7.60. The van der Waals surface area contributed by atoms with Crippen LogP contribution in [-0.4, -0.2) is 0 Å². The van der Waals surface area contributed by atoms with Crippen LogP contribution in [0.5, 0.6) is 0 Å². The van der Waals surface area contributed by atoms with Crippen LogP contribution in [0.15, 0.2) is 48.5 Å². The van der Waals surface area contributed by atoms with E-state index in [2.05, 4.69) is 76.2 Å². The van der Waals surface area contributed by atoms with Gasteiger partial charge in [0.05, 0.1) is 0 Å². The van der Waals surface area contributed by atoms with Crippen molar-refractivity contribution in [2.75, 3.05) is 0 Å². The maximum atomic E-state index is 2.49. The number of hydrogen-bond acceptors (Lipinski definition) is 0. The second-order valence-corrected chi connectivity index (χ2v) is 10.4. The third kappa shape index (κ3) is 5.33. The molecule has 2 aromatic carbocycles. The molecule has 0 N–H and O–H groups in total. The van der Waals surface area contributed by atoms with Gasteiger partial charge in [0.2, 0.25) is 0 Å². The van der Waals surface area contributed by atoms with Gasteiger partial charge in [0, 0.05) is 0 Å². The van der Waals surface area contributed by atoms with Crippen LogP contribution in [0.2, 0.25) is 0 Å². The van der Waals surface area contributed by atoms with Crippen molar-refractivity contribution >= 4 is 0 Å². The standard InChI is InChI=1S/C29H42/c1-28(2)23-17-11-9-7-5-6-8-10-12-18-24-19-13-14-20-25(24)26-21-15-16-22-27(26)29(28,3)4/h13-16,19-22H,5-12,17-18,23H2,1-4H3. The van der Waals surface area contributed by atoms with Gasteiger partial charge in [-0.2, -0.15) is 0 Å². The van der Waals surface area contributed by atoms with Gasteiger partial charge in [0.15, 0.2) is 0 Å². The van der Waals surface area contributed by atoms with E-state index >= 15 is 0 Å². The van der Waals surface area contributed by atoms with Crippen LogP contribution in [0, 0.1) is 5.41 Å². The molecule has 29 heavy (non-hydrogen) atoms. The molecule has 0 bridgehead atoms. The average molecular weight is 391 g/mol. The van der Waals surface area contributed by atoms with E-state index in [0.717, 1.165) is 0 Å². The number of rotatable bonds is 0. The summed E-state index contributed by atoms with van der Waals surface area (Å²) in [7, 11) is 0. The van der Waals surface area contributed by atoms with Crippen molar-refractivity contribution in [2.45, 2.75) is 104 Å². The molecule has 0 spiro atoms. The third-order valence-electron chi connectivity index (χ3n) is 7.85. The molecule has 158 valence electrons. The molecule has 1 aliphatic carbocycles. The van der Waals surface area contributed by atoms with Crippen LogP contribution in [0.4, 0.5) is 0 Å². The van der Waals surface area contributed by atoms with Gasteiger partial charge in [-0.15, -0.1) is 0 Å². The van der Waals surface area contributed by atoms with Crippen LogP contribution in [0.25, 0.3) is 11.1 Å². The minimum absolute atomic E-state index is 0.130. The van der Waals surface area contributed by atoms with E-state index < -0.39 is 0 Å². The molecule has 0 heteroatoms. The second-order valence-electron chi connectivity index (χ2n) is 10.4. The lowest BCUT2D eigenvalue weighted by atomic mass is 9.61. The molecule has 0 aromatic heterocycles. The summed E-state index contributed by atoms with van der Waals surface area (Å²) in [6.45, 7) is 9.93. The summed E-state index contributed by atoms with van der Waals surface area (Å²) in [5.41, 5.74) is 6.35. The summed E-state index contributed by atoms with van der Waals surface area (Å²) in [5.74, 6) is 0. The third-order valence-corrected chi connectivity index (χ3v) is 7.85. The molecule has 0 saturated carbocycles. The van der Waals surface area contributed by atoms with E-state index in [0.29, 0.717) is 0 Å². The van der Waals surface area contributed by atoms with Crippen LogP contribution >= 0.6 is 0 Å². The van der Waals surface area contributed by atoms with E-state index in [-0.39, 0.29) is 10.8 Å². The predicted octanol–water partition coefficient (Wildman–Crippen LogP) is 9.11. The Morgan fingerprint density at radius 3 is 1.76 bits per heavy atom. The van der Waals surface area contributed by atoms with Gasteiger partial charge >= 0.3 is 0 Å². The van der Waals surface area contributed by atoms with Crippen LogP contribution < -0.4 is 0 Å². The van der Waals surface area contributed by atoms with Crippen LogP contribution in [0.1, 0.15) is 103 Å². The van der Waals surface area contributed by atoms with Crippen molar-refractivity contribution < 1.29 is 0 Å². The summed E-state index contributed by atoms with van der Waals surface area (Å²) in [6, 6.07) is 18.4. The minimum atomic E-state index is 0.130. The summed E-state index contributed by atoms with van der Waals surface area (Å²) in [4.78, 5) is 0. The maximum absolute atomic E-state index is 2.49. The second kappa shape index (κ2) is 9.96. The molecular weight excluding hydrogens is 348 g/mol. The SMILES string of the molecule is CC1(C)CCCCCCCCCCCc2ccccc2-c2ccccc2C1(C)C. The molecule has 0 nitrogen and oxygen atoms in total. The Morgan fingerprint density at radius 2 is 1.07 bits per heavy atom. The summed E-state index contributed by atoms with van der Waals surface area (Å²) in [5, 5.41) is 0. The first-order valence-electron chi connectivity index (χ1n) is 12.1. The summed E-state index contributed by atoms with van der Waals surface area (Å²) >= 11 is 0. The van der Waals surface area contributed by atoms with Gasteiger partial charge in [0.25, 0.3) is 0 Å². The number of benzene rings is 2. The molecule has 0 heterocycles. The molecule has 3 rings (SSSR count). The highest BCUT2D eigenvalue weighted by molar-refractivity contribution is 5.72. The molecule has 0 amide bonds. The molecule has 0 atom stereocenters. The lowest BCUT2D eigenvalue weighted by Crippen LogP contribution is -2.37. The Hall–Kier alpha value is -1.56. The van der Waals surface area contributed by atoms with Crippen molar-refractivity contribution in [3.63, 3.8) is 0 Å². The Balaban J connectivity index is 2.00. The first-order chi connectivity index (χ1) is 13.9. The van der Waals surface area contributed by atoms with Crippen molar-refractivity contribution in [1.29, 1.82) is 0 Å². The van der Waals surface area contributed by atoms with Gasteiger partial charge in [0.1, 0.15) is 0 Å². The highest BCUT2D eigenvalue weighted by Crippen LogP contribution is 2.48. The molecule has 1 aliphatic rings. The maximum Gasteiger partial charge on any atom is -0.00463 e. The van der Waals surface area contributed by atoms with Crippen molar-refractivity contribution in [1.82, 2.24) is 0 Å². The molecule has 0 fully saturated rings. The highest BCUT2D eigenvalue weighted by Gasteiger charge is 2.39. The minimum Gasteiger partial charge on any atom is -0.0620 e. The van der Waals surface area contributed by atoms with Gasteiger partial charge in [-0.1, -0.05) is 128 Å². The number of aryl methyl sites for hydroxylation is 1. The smallest absolute Gasteiger partial charge is 0.00463 e. The molecular formula is C29H42. The number of fused-ring (bicyclic) bond motifs is 3. The Labute approximate surface area is 180 Å². The fourth-order valence-electron chi connectivity index (χ4n) is 5.06. The Bertz CT molecular complexity index is 765. The van der Waals surface area contributed by atoms with Gasteiger partial charge in [-0.05, 0) is 52.3 Å². The van der Waals surface area contributed by atoms with E-state index in [4.69, 9.17) is 0 Å². The van der Waals surface area contributed by atoms with Crippen molar-refractivity contribution in [3.8, 4) is 11.1 Å². The monoisotopic (exact) mass is 390 g/mol. The number of hydrogen-bond donors (Lipinski definition) is 0. The largest absolute Gasteiger partial charge is 0.0620 e. The first-order valence-corrected chi connectivity index (χ1v) is 12.1. The molecule has 0 radical (unpaired) electrons. The van der Waals surface area contributed by atoms with Gasteiger partial charge < -0.3 is 0 Å². The van der Waals surface area contributed by atoms with Gasteiger partial charge in [-0.3, -0.25) is 0 Å². The van der Waals surface area contributed by atoms with E-state index in [1.807, 2.05) is 0 Å². The zero-order chi connectivity index (χ0) is 20.7. The highest BCUT2D eigenvalue weighted by atomic mass is 14.4. The zero-order valence-electron chi connectivity index (χ0n) is 19.4. The van der Waals surface area contributed by atoms with E-state index in [1.165, 1.54) is 92.9 Å². The van der Waals surface area contributed by atoms with E-state index in [9.17, 15) is 0 Å². The molecule has 0 unspecified atom stereocenters. The average Bonchev–Trinajstić information content (AvgIpc) is 2.71. The van der Waals surface area contributed by atoms with Crippen LogP contribution in [0.3, 0.4) is 0 Å².